The van der Waals surface area contributed by atoms with Gasteiger partial charge in [-0.1, -0.05) is 6.92 Å². The van der Waals surface area contributed by atoms with Crippen LogP contribution in [0.5, 0.6) is 0 Å². The van der Waals surface area contributed by atoms with Crippen molar-refractivity contribution in [3.05, 3.63) is 23.7 Å². The van der Waals surface area contributed by atoms with Crippen LogP contribution in [0.25, 0.3) is 0 Å². The quantitative estimate of drug-likeness (QED) is 0.830. The van der Waals surface area contributed by atoms with E-state index in [1.54, 1.807) is 6.07 Å². The molecular formula is C13H16F3NO2. The highest BCUT2D eigenvalue weighted by atomic mass is 19.4. The van der Waals surface area contributed by atoms with Crippen molar-refractivity contribution in [1.82, 2.24) is 4.90 Å². The van der Waals surface area contributed by atoms with Crippen molar-refractivity contribution in [2.24, 2.45) is 5.92 Å². The minimum Gasteiger partial charge on any atom is -0.456 e. The fraction of sp³-hybridized carbons (Fsp3) is 0.615. The predicted octanol–water partition coefficient (Wildman–Crippen LogP) is 3.26. The number of hydrogen-bond donors (Lipinski definition) is 0. The average molecular weight is 275 g/mol. The van der Waals surface area contributed by atoms with Gasteiger partial charge in [0.2, 0.25) is 0 Å². The molecule has 1 atom stereocenters. The van der Waals surface area contributed by atoms with E-state index in [1.807, 2.05) is 6.92 Å². The molecule has 0 N–H and O–H groups in total. The SMILES string of the molecule is CCc1ccc(C(=O)N2CCCC(C(F)(F)F)C2)o1. The summed E-state index contributed by atoms with van der Waals surface area (Å²) < 4.78 is 43.3. The van der Waals surface area contributed by atoms with Gasteiger partial charge >= 0.3 is 6.18 Å². The second-order valence-corrected chi connectivity index (χ2v) is 4.75. The van der Waals surface area contributed by atoms with Crippen LogP contribution < -0.4 is 0 Å². The minimum absolute atomic E-state index is 0.0889. The summed E-state index contributed by atoms with van der Waals surface area (Å²) in [5.41, 5.74) is 0. The van der Waals surface area contributed by atoms with E-state index < -0.39 is 18.0 Å². The Balaban J connectivity index is 2.07. The number of alkyl halides is 3. The van der Waals surface area contributed by atoms with Crippen molar-refractivity contribution >= 4 is 5.91 Å². The molecule has 2 heterocycles. The summed E-state index contributed by atoms with van der Waals surface area (Å²) in [6, 6.07) is 3.21. The summed E-state index contributed by atoms with van der Waals surface area (Å²) in [5.74, 6) is -1.09. The van der Waals surface area contributed by atoms with Crippen LogP contribution in [0.1, 0.15) is 36.1 Å². The average Bonchev–Trinajstić information content (AvgIpc) is 2.86. The van der Waals surface area contributed by atoms with Crippen LogP contribution >= 0.6 is 0 Å². The minimum atomic E-state index is -4.24. The molecule has 2 rings (SSSR count). The first-order valence-electron chi connectivity index (χ1n) is 6.36. The maximum absolute atomic E-state index is 12.7. The highest BCUT2D eigenvalue weighted by Crippen LogP contribution is 2.33. The molecule has 1 aliphatic rings. The van der Waals surface area contributed by atoms with E-state index in [1.165, 1.54) is 11.0 Å². The van der Waals surface area contributed by atoms with Gasteiger partial charge in [0.25, 0.3) is 5.91 Å². The molecule has 0 aliphatic carbocycles. The van der Waals surface area contributed by atoms with Crippen LogP contribution in [0.15, 0.2) is 16.5 Å². The lowest BCUT2D eigenvalue weighted by Crippen LogP contribution is -2.44. The highest BCUT2D eigenvalue weighted by molar-refractivity contribution is 5.91. The van der Waals surface area contributed by atoms with E-state index in [-0.39, 0.29) is 18.7 Å². The molecule has 1 fully saturated rings. The van der Waals surface area contributed by atoms with Gasteiger partial charge in [-0.15, -0.1) is 0 Å². The molecule has 0 bridgehead atoms. The second kappa shape index (κ2) is 5.27. The van der Waals surface area contributed by atoms with Gasteiger partial charge < -0.3 is 9.32 Å². The molecule has 1 unspecified atom stereocenters. The lowest BCUT2D eigenvalue weighted by molar-refractivity contribution is -0.184. The zero-order chi connectivity index (χ0) is 14.0. The van der Waals surface area contributed by atoms with E-state index in [2.05, 4.69) is 0 Å². The van der Waals surface area contributed by atoms with Crippen LogP contribution in [-0.4, -0.2) is 30.1 Å². The first kappa shape index (κ1) is 14.0. The number of nitrogens with zero attached hydrogens (tertiary/aromatic N) is 1. The molecule has 6 heteroatoms. The van der Waals surface area contributed by atoms with Crippen LogP contribution in [-0.2, 0) is 6.42 Å². The number of likely N-dealkylation sites (tertiary alicyclic amines) is 1. The van der Waals surface area contributed by atoms with E-state index in [9.17, 15) is 18.0 Å². The summed E-state index contributed by atoms with van der Waals surface area (Å²) in [6.45, 7) is 1.96. The number of rotatable bonds is 2. The van der Waals surface area contributed by atoms with Gasteiger partial charge in [-0.3, -0.25) is 4.79 Å². The molecule has 106 valence electrons. The fourth-order valence-electron chi connectivity index (χ4n) is 2.27. The van der Waals surface area contributed by atoms with Gasteiger partial charge in [0.15, 0.2) is 5.76 Å². The van der Waals surface area contributed by atoms with Crippen molar-refractivity contribution < 1.29 is 22.4 Å². The van der Waals surface area contributed by atoms with Crippen molar-refractivity contribution in [3.63, 3.8) is 0 Å². The Morgan fingerprint density at radius 1 is 1.47 bits per heavy atom. The lowest BCUT2D eigenvalue weighted by Gasteiger charge is -2.33. The van der Waals surface area contributed by atoms with Gasteiger partial charge in [-0.2, -0.15) is 13.2 Å². The number of carbonyl (C=O) groups is 1. The number of hydrogen-bond acceptors (Lipinski definition) is 2. The highest BCUT2D eigenvalue weighted by Gasteiger charge is 2.43. The topological polar surface area (TPSA) is 33.5 Å². The molecular weight excluding hydrogens is 259 g/mol. The Morgan fingerprint density at radius 2 is 2.21 bits per heavy atom. The van der Waals surface area contributed by atoms with Crippen LogP contribution in [0.2, 0.25) is 0 Å². The third-order valence-corrected chi connectivity index (χ3v) is 3.39. The Morgan fingerprint density at radius 3 is 2.79 bits per heavy atom. The van der Waals surface area contributed by atoms with Crippen LogP contribution in [0, 0.1) is 5.92 Å². The lowest BCUT2D eigenvalue weighted by atomic mass is 9.97. The Bertz CT molecular complexity index is 453. The largest absolute Gasteiger partial charge is 0.456 e. The molecule has 0 spiro atoms. The molecule has 0 radical (unpaired) electrons. The number of aryl methyl sites for hydroxylation is 1. The summed E-state index contributed by atoms with van der Waals surface area (Å²) in [6.07, 6.45) is -3.13. The molecule has 19 heavy (non-hydrogen) atoms. The normalized spacial score (nSPS) is 20.6. The summed E-state index contributed by atoms with van der Waals surface area (Å²) in [5, 5.41) is 0. The van der Waals surface area contributed by atoms with Crippen LogP contribution in [0.3, 0.4) is 0 Å². The van der Waals surface area contributed by atoms with E-state index in [0.717, 1.165) is 0 Å². The summed E-state index contributed by atoms with van der Waals surface area (Å²) in [4.78, 5) is 13.3. The summed E-state index contributed by atoms with van der Waals surface area (Å²) >= 11 is 0. The monoisotopic (exact) mass is 275 g/mol. The zero-order valence-electron chi connectivity index (χ0n) is 10.7. The van der Waals surface area contributed by atoms with Crippen molar-refractivity contribution in [3.8, 4) is 0 Å². The Kier molecular flexibility index (Phi) is 3.87. The molecule has 1 saturated heterocycles. The number of halogens is 3. The van der Waals surface area contributed by atoms with Gasteiger partial charge in [0.05, 0.1) is 5.92 Å². The number of amides is 1. The van der Waals surface area contributed by atoms with Crippen LogP contribution in [0.4, 0.5) is 13.2 Å². The third-order valence-electron chi connectivity index (χ3n) is 3.39. The summed E-state index contributed by atoms with van der Waals surface area (Å²) in [7, 11) is 0. The van der Waals surface area contributed by atoms with Crippen molar-refractivity contribution in [2.45, 2.75) is 32.4 Å². The molecule has 1 aliphatic heterocycles. The second-order valence-electron chi connectivity index (χ2n) is 4.75. The number of piperidine rings is 1. The van der Waals surface area contributed by atoms with E-state index in [0.29, 0.717) is 25.1 Å². The molecule has 1 aromatic rings. The van der Waals surface area contributed by atoms with E-state index in [4.69, 9.17) is 4.42 Å². The standard InChI is InChI=1S/C13H16F3NO2/c1-2-10-5-6-11(19-10)12(18)17-7-3-4-9(8-17)13(14,15)16/h5-6,9H,2-4,7-8H2,1H3. The maximum Gasteiger partial charge on any atom is 0.393 e. The Labute approximate surface area is 109 Å². The van der Waals surface area contributed by atoms with Gasteiger partial charge in [-0.05, 0) is 25.0 Å². The fourth-order valence-corrected chi connectivity index (χ4v) is 2.27. The predicted molar refractivity (Wildman–Crippen MR) is 62.8 cm³/mol. The smallest absolute Gasteiger partial charge is 0.393 e. The first-order chi connectivity index (χ1) is 8.91. The third kappa shape index (κ3) is 3.11. The molecule has 0 aromatic carbocycles. The first-order valence-corrected chi connectivity index (χ1v) is 6.36. The van der Waals surface area contributed by atoms with Gasteiger partial charge in [0, 0.05) is 19.5 Å². The van der Waals surface area contributed by atoms with Crippen molar-refractivity contribution in [1.29, 1.82) is 0 Å². The number of carbonyl (C=O) groups excluding carboxylic acids is 1. The van der Waals surface area contributed by atoms with Gasteiger partial charge in [-0.25, -0.2) is 0 Å². The maximum atomic E-state index is 12.7. The van der Waals surface area contributed by atoms with E-state index >= 15 is 0 Å². The zero-order valence-corrected chi connectivity index (χ0v) is 10.7. The van der Waals surface area contributed by atoms with Gasteiger partial charge in [0.1, 0.15) is 5.76 Å². The molecule has 1 aromatic heterocycles. The molecule has 0 saturated carbocycles. The number of furan rings is 1. The molecule has 1 amide bonds. The Hall–Kier alpha value is -1.46. The van der Waals surface area contributed by atoms with Crippen molar-refractivity contribution in [2.75, 3.05) is 13.1 Å². The molecule has 3 nitrogen and oxygen atoms in total.